The molecule has 0 fully saturated rings. The van der Waals surface area contributed by atoms with E-state index in [1.807, 2.05) is 6.92 Å². The van der Waals surface area contributed by atoms with Gasteiger partial charge in [0.15, 0.2) is 0 Å². The molecule has 0 aliphatic rings. The molecule has 0 bridgehead atoms. The monoisotopic (exact) mass is 363 g/mol. The van der Waals surface area contributed by atoms with E-state index in [4.69, 9.17) is 11.6 Å². The van der Waals surface area contributed by atoms with E-state index < -0.39 is 21.8 Å². The summed E-state index contributed by atoms with van der Waals surface area (Å²) in [5.74, 6) is 0. The average Bonchev–Trinajstić information content (AvgIpc) is 2.48. The molecule has 3 nitrogen and oxygen atoms in total. The highest BCUT2D eigenvalue weighted by Crippen LogP contribution is 2.34. The minimum absolute atomic E-state index is 0.0526. The van der Waals surface area contributed by atoms with Gasteiger partial charge in [-0.15, -0.1) is 0 Å². The summed E-state index contributed by atoms with van der Waals surface area (Å²) in [6, 6.07) is 8.52. The number of nitrogens with one attached hydrogen (secondary N) is 1. The summed E-state index contributed by atoms with van der Waals surface area (Å²) in [6.07, 6.45) is -3.85. The van der Waals surface area contributed by atoms with Crippen molar-refractivity contribution in [3.63, 3.8) is 0 Å². The van der Waals surface area contributed by atoms with Gasteiger partial charge in [0, 0.05) is 0 Å². The van der Waals surface area contributed by atoms with Gasteiger partial charge in [0.1, 0.15) is 0 Å². The van der Waals surface area contributed by atoms with Crippen LogP contribution in [0.2, 0.25) is 5.02 Å². The van der Waals surface area contributed by atoms with Crippen molar-refractivity contribution < 1.29 is 21.6 Å². The summed E-state index contributed by atoms with van der Waals surface area (Å²) >= 11 is 5.79. The predicted molar refractivity (Wildman–Crippen MR) is 83.1 cm³/mol. The Bertz CT molecular complexity index is 802. The first-order valence-corrected chi connectivity index (χ1v) is 8.48. The number of aryl methyl sites for hydroxylation is 1. The van der Waals surface area contributed by atoms with Crippen LogP contribution in [0.25, 0.3) is 0 Å². The second-order valence-corrected chi connectivity index (χ2v) is 6.88. The van der Waals surface area contributed by atoms with Crippen LogP contribution in [0.15, 0.2) is 47.4 Å². The molecule has 0 saturated carbocycles. The second kappa shape index (κ2) is 6.41. The van der Waals surface area contributed by atoms with Gasteiger partial charge in [-0.1, -0.05) is 30.7 Å². The summed E-state index contributed by atoms with van der Waals surface area (Å²) < 4.78 is 64.8. The maximum atomic E-state index is 12.7. The molecule has 2 aromatic carbocycles. The lowest BCUT2D eigenvalue weighted by Crippen LogP contribution is -2.14. The molecule has 0 spiro atoms. The number of alkyl halides is 3. The Hall–Kier alpha value is -1.73. The summed E-state index contributed by atoms with van der Waals surface area (Å²) in [7, 11) is -4.02. The van der Waals surface area contributed by atoms with E-state index in [1.54, 1.807) is 12.1 Å². The Balaban J connectivity index is 2.36. The highest BCUT2D eigenvalue weighted by Gasteiger charge is 2.31. The first-order chi connectivity index (χ1) is 10.6. The van der Waals surface area contributed by atoms with Gasteiger partial charge in [-0.05, 0) is 42.3 Å². The van der Waals surface area contributed by atoms with Crippen molar-refractivity contribution in [1.29, 1.82) is 0 Å². The van der Waals surface area contributed by atoms with E-state index in [9.17, 15) is 21.6 Å². The van der Waals surface area contributed by atoms with Crippen LogP contribution in [-0.2, 0) is 22.6 Å². The zero-order valence-corrected chi connectivity index (χ0v) is 13.6. The van der Waals surface area contributed by atoms with E-state index in [-0.39, 0.29) is 15.6 Å². The summed E-state index contributed by atoms with van der Waals surface area (Å²) in [6.45, 7) is 1.92. The normalized spacial score (nSPS) is 12.2. The molecule has 2 aromatic rings. The van der Waals surface area contributed by atoms with Crippen LogP contribution in [0.4, 0.5) is 18.9 Å². The Labute approximate surface area is 137 Å². The minimum Gasteiger partial charge on any atom is -0.278 e. The van der Waals surface area contributed by atoms with Gasteiger partial charge in [-0.2, -0.15) is 13.2 Å². The number of halogens is 4. The average molecular weight is 364 g/mol. The molecule has 0 heterocycles. The predicted octanol–water partition coefficient (Wildman–Crippen LogP) is 4.72. The van der Waals surface area contributed by atoms with Crippen LogP contribution in [-0.4, -0.2) is 8.42 Å². The topological polar surface area (TPSA) is 46.2 Å². The molecule has 2 rings (SSSR count). The quantitative estimate of drug-likeness (QED) is 0.854. The molecule has 8 heteroatoms. The number of sulfonamides is 1. The minimum atomic E-state index is -4.59. The molecule has 124 valence electrons. The number of hydrogen-bond acceptors (Lipinski definition) is 2. The van der Waals surface area contributed by atoms with Crippen molar-refractivity contribution in [2.24, 2.45) is 0 Å². The lowest BCUT2D eigenvalue weighted by atomic mass is 10.2. The van der Waals surface area contributed by atoms with Crippen LogP contribution < -0.4 is 4.72 Å². The molecular weight excluding hydrogens is 351 g/mol. The lowest BCUT2D eigenvalue weighted by molar-refractivity contribution is -0.137. The maximum absolute atomic E-state index is 12.7. The highest BCUT2D eigenvalue weighted by molar-refractivity contribution is 7.92. The largest absolute Gasteiger partial charge is 0.416 e. The molecule has 0 unspecified atom stereocenters. The molecule has 0 radical (unpaired) electrons. The number of anilines is 1. The molecule has 23 heavy (non-hydrogen) atoms. The number of rotatable bonds is 4. The van der Waals surface area contributed by atoms with Crippen LogP contribution in [0.3, 0.4) is 0 Å². The van der Waals surface area contributed by atoms with E-state index in [0.717, 1.165) is 24.1 Å². The third-order valence-electron chi connectivity index (χ3n) is 3.18. The van der Waals surface area contributed by atoms with Gasteiger partial charge in [-0.3, -0.25) is 4.72 Å². The van der Waals surface area contributed by atoms with Crippen LogP contribution in [0.5, 0.6) is 0 Å². The molecular formula is C15H13ClF3NO2S. The zero-order chi connectivity index (χ0) is 17.3. The SMILES string of the molecule is CCc1ccc(S(=O)(=O)Nc2cc(C(F)(F)F)ccc2Cl)cc1. The fourth-order valence-electron chi connectivity index (χ4n) is 1.89. The van der Waals surface area contributed by atoms with Crippen molar-refractivity contribution in [2.75, 3.05) is 4.72 Å². The number of benzene rings is 2. The van der Waals surface area contributed by atoms with Crippen LogP contribution in [0, 0.1) is 0 Å². The molecule has 0 saturated heterocycles. The van der Waals surface area contributed by atoms with Crippen molar-refractivity contribution in [2.45, 2.75) is 24.4 Å². The lowest BCUT2D eigenvalue weighted by Gasteiger charge is -2.13. The Morgan fingerprint density at radius 2 is 1.70 bits per heavy atom. The Kier molecular flexibility index (Phi) is 4.91. The standard InChI is InChI=1S/C15H13ClF3NO2S/c1-2-10-3-6-12(7-4-10)23(21,22)20-14-9-11(15(17,18)19)5-8-13(14)16/h3-9,20H,2H2,1H3. The highest BCUT2D eigenvalue weighted by atomic mass is 35.5. The van der Waals surface area contributed by atoms with E-state index >= 15 is 0 Å². The van der Waals surface area contributed by atoms with Gasteiger partial charge in [0.05, 0.1) is 21.2 Å². The molecule has 0 amide bonds. The summed E-state index contributed by atoms with van der Waals surface area (Å²) in [5, 5.41) is -0.119. The van der Waals surface area contributed by atoms with Crippen LogP contribution in [0.1, 0.15) is 18.1 Å². The molecule has 0 aromatic heterocycles. The van der Waals surface area contributed by atoms with E-state index in [2.05, 4.69) is 4.72 Å². The maximum Gasteiger partial charge on any atom is 0.416 e. The zero-order valence-electron chi connectivity index (χ0n) is 12.0. The summed E-state index contributed by atoms with van der Waals surface area (Å²) in [4.78, 5) is -0.0526. The first-order valence-electron chi connectivity index (χ1n) is 6.62. The van der Waals surface area contributed by atoms with E-state index in [1.165, 1.54) is 12.1 Å². The summed E-state index contributed by atoms with van der Waals surface area (Å²) in [5.41, 5.74) is -0.358. The first kappa shape index (κ1) is 17.6. The Morgan fingerprint density at radius 3 is 2.22 bits per heavy atom. The van der Waals surface area contributed by atoms with Crippen LogP contribution >= 0.6 is 11.6 Å². The smallest absolute Gasteiger partial charge is 0.278 e. The van der Waals surface area contributed by atoms with Crippen molar-refractivity contribution in [1.82, 2.24) is 0 Å². The van der Waals surface area contributed by atoms with E-state index in [0.29, 0.717) is 6.07 Å². The molecule has 0 aliphatic heterocycles. The van der Waals surface area contributed by atoms with Gasteiger partial charge >= 0.3 is 6.18 Å². The third kappa shape index (κ3) is 4.17. The molecule has 0 atom stereocenters. The number of hydrogen-bond donors (Lipinski definition) is 1. The fourth-order valence-corrected chi connectivity index (χ4v) is 3.18. The molecule has 1 N–H and O–H groups in total. The molecule has 0 aliphatic carbocycles. The van der Waals surface area contributed by atoms with Gasteiger partial charge in [0.2, 0.25) is 0 Å². The van der Waals surface area contributed by atoms with Crippen molar-refractivity contribution in [3.05, 3.63) is 58.6 Å². The second-order valence-electron chi connectivity index (χ2n) is 4.80. The van der Waals surface area contributed by atoms with Crippen molar-refractivity contribution >= 4 is 27.3 Å². The van der Waals surface area contributed by atoms with Crippen molar-refractivity contribution in [3.8, 4) is 0 Å². The third-order valence-corrected chi connectivity index (χ3v) is 4.89. The van der Waals surface area contributed by atoms with Gasteiger partial charge < -0.3 is 0 Å². The van der Waals surface area contributed by atoms with Gasteiger partial charge in [0.25, 0.3) is 10.0 Å². The Morgan fingerprint density at radius 1 is 1.09 bits per heavy atom. The fraction of sp³-hybridized carbons (Fsp3) is 0.200. The van der Waals surface area contributed by atoms with Gasteiger partial charge in [-0.25, -0.2) is 8.42 Å².